The summed E-state index contributed by atoms with van der Waals surface area (Å²) < 4.78 is 26.5. The Balaban J connectivity index is 2.24. The number of sulfonamides is 1. The zero-order valence-electron chi connectivity index (χ0n) is 10.3. The van der Waals surface area contributed by atoms with E-state index in [1.165, 1.54) is 0 Å². The number of halogens is 1. The third-order valence-corrected chi connectivity index (χ3v) is 5.69. The Hall–Kier alpha value is -0.430. The standard InChI is InChI=1S/C12H17BrN2O2S/c1-14-5-7-15(8-6-14)18(16,17)12-4-2-3-11(9-12)10-13/h2-4,9H,5-8,10H2,1H3. The van der Waals surface area contributed by atoms with Gasteiger partial charge < -0.3 is 4.90 Å². The van der Waals surface area contributed by atoms with Crippen molar-refractivity contribution in [2.75, 3.05) is 33.2 Å². The molecule has 0 aromatic heterocycles. The molecule has 18 heavy (non-hydrogen) atoms. The van der Waals surface area contributed by atoms with Crippen LogP contribution in [-0.4, -0.2) is 50.8 Å². The van der Waals surface area contributed by atoms with E-state index in [0.29, 0.717) is 23.3 Å². The van der Waals surface area contributed by atoms with Crippen molar-refractivity contribution in [3.8, 4) is 0 Å². The number of piperazine rings is 1. The molecule has 1 aliphatic heterocycles. The van der Waals surface area contributed by atoms with Crippen molar-refractivity contribution in [1.82, 2.24) is 9.21 Å². The lowest BCUT2D eigenvalue weighted by molar-refractivity contribution is 0.222. The summed E-state index contributed by atoms with van der Waals surface area (Å²) >= 11 is 3.35. The Labute approximate surface area is 117 Å². The second-order valence-electron chi connectivity index (χ2n) is 4.49. The zero-order valence-corrected chi connectivity index (χ0v) is 12.7. The minimum Gasteiger partial charge on any atom is -0.304 e. The second kappa shape index (κ2) is 5.69. The summed E-state index contributed by atoms with van der Waals surface area (Å²) in [5.74, 6) is 0. The van der Waals surface area contributed by atoms with Crippen LogP contribution in [0.4, 0.5) is 0 Å². The van der Waals surface area contributed by atoms with Crippen molar-refractivity contribution in [2.24, 2.45) is 0 Å². The highest BCUT2D eigenvalue weighted by Gasteiger charge is 2.27. The van der Waals surface area contributed by atoms with Gasteiger partial charge in [-0.15, -0.1) is 0 Å². The van der Waals surface area contributed by atoms with E-state index in [1.54, 1.807) is 22.5 Å². The van der Waals surface area contributed by atoms with Gasteiger partial charge in [0.15, 0.2) is 0 Å². The summed E-state index contributed by atoms with van der Waals surface area (Å²) in [5.41, 5.74) is 0.977. The average molecular weight is 333 g/mol. The summed E-state index contributed by atoms with van der Waals surface area (Å²) in [6.07, 6.45) is 0. The van der Waals surface area contributed by atoms with Crippen LogP contribution >= 0.6 is 15.9 Å². The molecule has 0 spiro atoms. The van der Waals surface area contributed by atoms with E-state index >= 15 is 0 Å². The highest BCUT2D eigenvalue weighted by Crippen LogP contribution is 2.19. The van der Waals surface area contributed by atoms with Crippen molar-refractivity contribution in [2.45, 2.75) is 10.2 Å². The fourth-order valence-corrected chi connectivity index (χ4v) is 3.81. The summed E-state index contributed by atoms with van der Waals surface area (Å²) in [5, 5.41) is 0.666. The molecule has 0 aliphatic carbocycles. The number of likely N-dealkylation sites (N-methyl/N-ethyl adjacent to an activating group) is 1. The number of benzene rings is 1. The van der Waals surface area contributed by atoms with Crippen molar-refractivity contribution in [3.05, 3.63) is 29.8 Å². The minimum atomic E-state index is -3.33. The lowest BCUT2D eigenvalue weighted by atomic mass is 10.2. The molecule has 1 fully saturated rings. The maximum absolute atomic E-state index is 12.5. The Morgan fingerprint density at radius 1 is 1.22 bits per heavy atom. The molecule has 2 rings (SSSR count). The zero-order chi connectivity index (χ0) is 13.2. The van der Waals surface area contributed by atoms with Gasteiger partial charge in [-0.05, 0) is 24.7 Å². The Bertz CT molecular complexity index is 511. The minimum absolute atomic E-state index is 0.393. The molecule has 0 bridgehead atoms. The van der Waals surface area contributed by atoms with Crippen molar-refractivity contribution < 1.29 is 8.42 Å². The number of rotatable bonds is 3. The summed E-state index contributed by atoms with van der Waals surface area (Å²) in [7, 11) is -1.32. The molecule has 1 aromatic carbocycles. The molecule has 0 N–H and O–H groups in total. The molecule has 0 amide bonds. The van der Waals surface area contributed by atoms with Gasteiger partial charge in [0.25, 0.3) is 0 Å². The molecule has 100 valence electrons. The molecule has 1 heterocycles. The molecular formula is C12H17BrN2O2S. The average Bonchev–Trinajstić information content (AvgIpc) is 2.39. The third kappa shape index (κ3) is 2.93. The van der Waals surface area contributed by atoms with Gasteiger partial charge in [0.1, 0.15) is 0 Å². The van der Waals surface area contributed by atoms with E-state index in [2.05, 4.69) is 20.8 Å². The van der Waals surface area contributed by atoms with Crippen molar-refractivity contribution >= 4 is 26.0 Å². The van der Waals surface area contributed by atoms with Crippen LogP contribution in [0.3, 0.4) is 0 Å². The number of hydrogen-bond donors (Lipinski definition) is 0. The molecule has 0 unspecified atom stereocenters. The largest absolute Gasteiger partial charge is 0.304 e. The Kier molecular flexibility index (Phi) is 4.42. The first-order valence-corrected chi connectivity index (χ1v) is 8.44. The normalized spacial score (nSPS) is 19.0. The van der Waals surface area contributed by atoms with E-state index in [4.69, 9.17) is 0 Å². The molecule has 1 aromatic rings. The van der Waals surface area contributed by atoms with Crippen LogP contribution < -0.4 is 0 Å². The molecule has 4 nitrogen and oxygen atoms in total. The first kappa shape index (κ1) is 14.0. The monoisotopic (exact) mass is 332 g/mol. The lowest BCUT2D eigenvalue weighted by Crippen LogP contribution is -2.47. The van der Waals surface area contributed by atoms with Crippen LogP contribution in [-0.2, 0) is 15.4 Å². The van der Waals surface area contributed by atoms with Gasteiger partial charge in [0.2, 0.25) is 10.0 Å². The van der Waals surface area contributed by atoms with E-state index < -0.39 is 10.0 Å². The van der Waals surface area contributed by atoms with E-state index in [9.17, 15) is 8.42 Å². The maximum Gasteiger partial charge on any atom is 0.243 e. The summed E-state index contributed by atoms with van der Waals surface area (Å²) in [6.45, 7) is 2.71. The Morgan fingerprint density at radius 2 is 1.89 bits per heavy atom. The van der Waals surface area contributed by atoms with Crippen LogP contribution in [0.25, 0.3) is 0 Å². The van der Waals surface area contributed by atoms with Crippen molar-refractivity contribution in [3.63, 3.8) is 0 Å². The van der Waals surface area contributed by atoms with Gasteiger partial charge >= 0.3 is 0 Å². The fraction of sp³-hybridized carbons (Fsp3) is 0.500. The summed E-state index contributed by atoms with van der Waals surface area (Å²) in [6, 6.07) is 7.11. The highest BCUT2D eigenvalue weighted by molar-refractivity contribution is 9.08. The highest BCUT2D eigenvalue weighted by atomic mass is 79.9. The van der Waals surface area contributed by atoms with Crippen LogP contribution in [0.2, 0.25) is 0 Å². The molecule has 0 radical (unpaired) electrons. The number of nitrogens with zero attached hydrogens (tertiary/aromatic N) is 2. The fourth-order valence-electron chi connectivity index (χ4n) is 1.97. The molecule has 1 saturated heterocycles. The molecule has 6 heteroatoms. The van der Waals surface area contributed by atoms with Gasteiger partial charge in [-0.2, -0.15) is 4.31 Å². The van der Waals surface area contributed by atoms with Gasteiger partial charge in [-0.1, -0.05) is 28.1 Å². The van der Waals surface area contributed by atoms with E-state index in [-0.39, 0.29) is 0 Å². The third-order valence-electron chi connectivity index (χ3n) is 3.15. The summed E-state index contributed by atoms with van der Waals surface area (Å²) in [4.78, 5) is 2.53. The maximum atomic E-state index is 12.5. The Morgan fingerprint density at radius 3 is 2.50 bits per heavy atom. The number of hydrogen-bond acceptors (Lipinski definition) is 3. The van der Waals surface area contributed by atoms with E-state index in [0.717, 1.165) is 18.7 Å². The SMILES string of the molecule is CN1CCN(S(=O)(=O)c2cccc(CBr)c2)CC1. The van der Waals surface area contributed by atoms with Gasteiger partial charge in [-0.25, -0.2) is 8.42 Å². The van der Waals surface area contributed by atoms with Crippen LogP contribution in [0.15, 0.2) is 29.2 Å². The van der Waals surface area contributed by atoms with Gasteiger partial charge in [-0.3, -0.25) is 0 Å². The van der Waals surface area contributed by atoms with Gasteiger partial charge in [0, 0.05) is 31.5 Å². The topological polar surface area (TPSA) is 40.6 Å². The van der Waals surface area contributed by atoms with Crippen molar-refractivity contribution in [1.29, 1.82) is 0 Å². The smallest absolute Gasteiger partial charge is 0.243 e. The van der Waals surface area contributed by atoms with E-state index in [1.807, 2.05) is 13.1 Å². The van der Waals surface area contributed by atoms with Crippen LogP contribution in [0.1, 0.15) is 5.56 Å². The van der Waals surface area contributed by atoms with Crippen LogP contribution in [0.5, 0.6) is 0 Å². The predicted octanol–water partition coefficient (Wildman–Crippen LogP) is 1.52. The first-order chi connectivity index (χ1) is 8.54. The second-order valence-corrected chi connectivity index (χ2v) is 6.99. The lowest BCUT2D eigenvalue weighted by Gasteiger charge is -2.31. The molecular weight excluding hydrogens is 316 g/mol. The quantitative estimate of drug-likeness (QED) is 0.788. The first-order valence-electron chi connectivity index (χ1n) is 5.87. The molecule has 0 atom stereocenters. The molecule has 0 saturated carbocycles. The van der Waals surface area contributed by atoms with Gasteiger partial charge in [0.05, 0.1) is 4.90 Å². The number of alkyl halides is 1. The molecule has 1 aliphatic rings. The van der Waals surface area contributed by atoms with Crippen LogP contribution in [0, 0.1) is 0 Å². The predicted molar refractivity (Wildman–Crippen MR) is 75.3 cm³/mol.